The summed E-state index contributed by atoms with van der Waals surface area (Å²) in [6.07, 6.45) is 1.92. The molecule has 2 aliphatic heterocycles. The highest BCUT2D eigenvalue weighted by Gasteiger charge is 2.35. The van der Waals surface area contributed by atoms with Gasteiger partial charge in [0.1, 0.15) is 0 Å². The summed E-state index contributed by atoms with van der Waals surface area (Å²) in [5, 5.41) is 9.99. The molecule has 22 heavy (non-hydrogen) atoms. The number of aromatic hydroxyl groups is 1. The summed E-state index contributed by atoms with van der Waals surface area (Å²) < 4.78 is 10.8. The minimum absolute atomic E-state index is 0.223. The van der Waals surface area contributed by atoms with Gasteiger partial charge in [0.15, 0.2) is 17.4 Å². The van der Waals surface area contributed by atoms with E-state index in [4.69, 9.17) is 9.47 Å². The summed E-state index contributed by atoms with van der Waals surface area (Å²) in [4.78, 5) is 5.82. The summed E-state index contributed by atoms with van der Waals surface area (Å²) in [7, 11) is 3.31. The zero-order valence-corrected chi connectivity index (χ0v) is 12.8. The van der Waals surface area contributed by atoms with Gasteiger partial charge in [-0.25, -0.2) is 0 Å². The predicted octanol–water partition coefficient (Wildman–Crippen LogP) is 2.39. The van der Waals surface area contributed by atoms with Crippen LogP contribution in [0.4, 0.5) is 0 Å². The lowest BCUT2D eigenvalue weighted by Crippen LogP contribution is -2.39. The van der Waals surface area contributed by atoms with Gasteiger partial charge in [0.05, 0.1) is 14.2 Å². The van der Waals surface area contributed by atoms with Crippen molar-refractivity contribution in [3.8, 4) is 17.4 Å². The number of hydrogen-bond donors (Lipinski definition) is 2. The molecule has 116 valence electrons. The first kappa shape index (κ1) is 13.5. The molecule has 0 unspecified atom stereocenters. The van der Waals surface area contributed by atoms with Crippen LogP contribution in [-0.4, -0.2) is 35.8 Å². The topological polar surface area (TPSA) is 57.7 Å². The van der Waals surface area contributed by atoms with Crippen molar-refractivity contribution in [1.29, 1.82) is 0 Å². The number of hydrogen-bond acceptors (Lipinski definition) is 4. The van der Waals surface area contributed by atoms with Gasteiger partial charge in [-0.15, -0.1) is 0 Å². The molecule has 0 saturated carbocycles. The lowest BCUT2D eigenvalue weighted by molar-refractivity contribution is 0.157. The Hall–Kier alpha value is -2.14. The van der Waals surface area contributed by atoms with Crippen molar-refractivity contribution >= 4 is 0 Å². The van der Waals surface area contributed by atoms with Crippen LogP contribution in [0.3, 0.4) is 0 Å². The maximum absolute atomic E-state index is 9.99. The Morgan fingerprint density at radius 2 is 2.14 bits per heavy atom. The molecular formula is C17H20N2O3. The number of nitrogens with one attached hydrogen (secondary N) is 1. The molecule has 4 rings (SSSR count). The average Bonchev–Trinajstić information content (AvgIpc) is 2.97. The standard InChI is InChI=1S/C17H20N2O3/c1-21-16-8-11-13(18-16)5-6-19-9-12-10(7-14(11)19)3-4-15(20)17(12)22-2/h3-4,8,14,18,20H,5-7,9H2,1-2H3/t14-/m0/s1. The van der Waals surface area contributed by atoms with E-state index in [-0.39, 0.29) is 5.75 Å². The third-order valence-corrected chi connectivity index (χ3v) is 4.89. The maximum Gasteiger partial charge on any atom is 0.190 e. The van der Waals surface area contributed by atoms with Gasteiger partial charge in [-0.3, -0.25) is 4.90 Å². The van der Waals surface area contributed by atoms with E-state index in [0.717, 1.165) is 37.4 Å². The third kappa shape index (κ3) is 1.89. The Balaban J connectivity index is 1.76. The summed E-state index contributed by atoms with van der Waals surface area (Å²) >= 11 is 0. The van der Waals surface area contributed by atoms with Crippen molar-refractivity contribution < 1.29 is 14.6 Å². The van der Waals surface area contributed by atoms with Crippen LogP contribution in [-0.2, 0) is 19.4 Å². The van der Waals surface area contributed by atoms with Gasteiger partial charge in [0.2, 0.25) is 0 Å². The quantitative estimate of drug-likeness (QED) is 0.894. The van der Waals surface area contributed by atoms with Crippen molar-refractivity contribution in [2.24, 2.45) is 0 Å². The number of nitrogens with zero attached hydrogens (tertiary/aromatic N) is 1. The van der Waals surface area contributed by atoms with Crippen LogP contribution in [0.2, 0.25) is 0 Å². The maximum atomic E-state index is 9.99. The van der Waals surface area contributed by atoms with Crippen molar-refractivity contribution in [2.75, 3.05) is 20.8 Å². The number of rotatable bonds is 2. The van der Waals surface area contributed by atoms with E-state index in [2.05, 4.69) is 16.0 Å². The van der Waals surface area contributed by atoms with Crippen LogP contribution in [0.5, 0.6) is 17.4 Å². The monoisotopic (exact) mass is 300 g/mol. The number of aromatic nitrogens is 1. The van der Waals surface area contributed by atoms with Crippen molar-refractivity contribution in [1.82, 2.24) is 9.88 Å². The minimum atomic E-state index is 0.223. The number of benzene rings is 1. The summed E-state index contributed by atoms with van der Waals surface area (Å²) in [5.74, 6) is 1.68. The highest BCUT2D eigenvalue weighted by molar-refractivity contribution is 5.52. The van der Waals surface area contributed by atoms with Gasteiger partial charge in [-0.05, 0) is 23.6 Å². The molecule has 5 heteroatoms. The lowest BCUT2D eigenvalue weighted by Gasteiger charge is -2.40. The van der Waals surface area contributed by atoms with Crippen molar-refractivity contribution in [3.05, 3.63) is 40.6 Å². The van der Waals surface area contributed by atoms with Gasteiger partial charge >= 0.3 is 0 Å². The van der Waals surface area contributed by atoms with Crippen LogP contribution in [0.15, 0.2) is 18.2 Å². The lowest BCUT2D eigenvalue weighted by atomic mass is 9.86. The first-order chi connectivity index (χ1) is 10.7. The average molecular weight is 300 g/mol. The third-order valence-electron chi connectivity index (χ3n) is 4.89. The zero-order valence-electron chi connectivity index (χ0n) is 12.8. The summed E-state index contributed by atoms with van der Waals surface area (Å²) in [5.41, 5.74) is 4.99. The molecule has 2 aromatic rings. The molecule has 2 N–H and O–H groups in total. The number of fused-ring (bicyclic) bond motifs is 4. The second-order valence-corrected chi connectivity index (χ2v) is 5.97. The molecule has 1 aromatic heterocycles. The van der Waals surface area contributed by atoms with E-state index in [0.29, 0.717) is 11.8 Å². The van der Waals surface area contributed by atoms with Crippen LogP contribution in [0, 0.1) is 0 Å². The normalized spacial score (nSPS) is 20.0. The molecule has 0 aliphatic carbocycles. The minimum Gasteiger partial charge on any atom is -0.504 e. The van der Waals surface area contributed by atoms with Gasteiger partial charge < -0.3 is 19.6 Å². The molecule has 2 aliphatic rings. The fourth-order valence-electron chi connectivity index (χ4n) is 3.80. The smallest absolute Gasteiger partial charge is 0.190 e. The van der Waals surface area contributed by atoms with E-state index in [1.807, 2.05) is 6.07 Å². The Labute approximate surface area is 129 Å². The first-order valence-corrected chi connectivity index (χ1v) is 7.58. The molecule has 1 aromatic carbocycles. The molecule has 5 nitrogen and oxygen atoms in total. The number of phenols is 1. The predicted molar refractivity (Wildman–Crippen MR) is 82.6 cm³/mol. The second-order valence-electron chi connectivity index (χ2n) is 5.97. The Morgan fingerprint density at radius 3 is 2.91 bits per heavy atom. The molecule has 0 amide bonds. The molecule has 3 heterocycles. The van der Waals surface area contributed by atoms with Crippen molar-refractivity contribution in [2.45, 2.75) is 25.4 Å². The largest absolute Gasteiger partial charge is 0.504 e. The van der Waals surface area contributed by atoms with Gasteiger partial charge in [-0.2, -0.15) is 0 Å². The molecule has 0 fully saturated rings. The number of phenolic OH excluding ortho intramolecular Hbond substituents is 1. The van der Waals surface area contributed by atoms with Gasteiger partial charge in [0.25, 0.3) is 0 Å². The fourth-order valence-corrected chi connectivity index (χ4v) is 3.80. The van der Waals surface area contributed by atoms with Gasteiger partial charge in [-0.1, -0.05) is 6.07 Å². The van der Waals surface area contributed by atoms with E-state index in [1.54, 1.807) is 20.3 Å². The molecule has 0 radical (unpaired) electrons. The van der Waals surface area contributed by atoms with Crippen LogP contribution < -0.4 is 9.47 Å². The molecular weight excluding hydrogens is 280 g/mol. The van der Waals surface area contributed by atoms with Crippen LogP contribution >= 0.6 is 0 Å². The Morgan fingerprint density at radius 1 is 1.27 bits per heavy atom. The SMILES string of the molecule is COc1cc2c([nH]1)CCN1Cc3c(ccc(O)c3OC)C[C@@H]21. The Bertz CT molecular complexity index is 723. The molecule has 0 bridgehead atoms. The molecule has 0 spiro atoms. The zero-order chi connectivity index (χ0) is 15.3. The van der Waals surface area contributed by atoms with E-state index < -0.39 is 0 Å². The first-order valence-electron chi connectivity index (χ1n) is 7.58. The van der Waals surface area contributed by atoms with Crippen LogP contribution in [0.1, 0.15) is 28.4 Å². The highest BCUT2D eigenvalue weighted by Crippen LogP contribution is 2.43. The van der Waals surface area contributed by atoms with Crippen molar-refractivity contribution in [3.63, 3.8) is 0 Å². The van der Waals surface area contributed by atoms with Gasteiger partial charge in [0, 0.05) is 42.9 Å². The highest BCUT2D eigenvalue weighted by atomic mass is 16.5. The number of ether oxygens (including phenoxy) is 2. The summed E-state index contributed by atoms with van der Waals surface area (Å²) in [6.45, 7) is 1.81. The van der Waals surface area contributed by atoms with Crippen LogP contribution in [0.25, 0.3) is 0 Å². The van der Waals surface area contributed by atoms with E-state index in [9.17, 15) is 5.11 Å². The second kappa shape index (κ2) is 4.95. The molecule has 0 saturated heterocycles. The molecule has 1 atom stereocenters. The fraction of sp³-hybridized carbons (Fsp3) is 0.412. The number of methoxy groups -OCH3 is 2. The number of aromatic amines is 1. The number of H-pyrrole nitrogens is 1. The van der Waals surface area contributed by atoms with E-state index in [1.165, 1.54) is 16.8 Å². The summed E-state index contributed by atoms with van der Waals surface area (Å²) in [6, 6.07) is 6.23. The van der Waals surface area contributed by atoms with E-state index >= 15 is 0 Å². The Kier molecular flexibility index (Phi) is 3.04.